The summed E-state index contributed by atoms with van der Waals surface area (Å²) in [4.78, 5) is 27.4. The van der Waals surface area contributed by atoms with Crippen molar-refractivity contribution >= 4 is 23.2 Å². The maximum Gasteiger partial charge on any atom is 0.306 e. The summed E-state index contributed by atoms with van der Waals surface area (Å²) in [5, 5.41) is 8.86. The molecule has 1 amide bonds. The molecule has 0 aromatic carbocycles. The molecule has 0 saturated carbocycles. The molecule has 1 aliphatic carbocycles. The number of aliphatic carboxylic acids is 1. The Morgan fingerprint density at radius 3 is 2.95 bits per heavy atom. The van der Waals surface area contributed by atoms with Crippen LogP contribution >= 0.6 is 11.3 Å². The zero-order chi connectivity index (χ0) is 15.5. The van der Waals surface area contributed by atoms with Crippen LogP contribution in [0.15, 0.2) is 6.07 Å². The number of amides is 1. The monoisotopic (exact) mass is 323 g/mol. The van der Waals surface area contributed by atoms with Crippen LogP contribution in [0, 0.1) is 0 Å². The number of morpholine rings is 1. The Morgan fingerprint density at radius 2 is 2.14 bits per heavy atom. The molecule has 0 spiro atoms. The zero-order valence-electron chi connectivity index (χ0n) is 12.5. The summed E-state index contributed by atoms with van der Waals surface area (Å²) < 4.78 is 5.43. The molecular formula is C16H21NO4S. The lowest BCUT2D eigenvalue weighted by molar-refractivity contribution is -0.141. The third-order valence-corrected chi connectivity index (χ3v) is 5.51. The van der Waals surface area contributed by atoms with Gasteiger partial charge in [-0.05, 0) is 37.3 Å². The first-order chi connectivity index (χ1) is 10.6. The normalized spacial score (nSPS) is 22.0. The Balaban J connectivity index is 1.69. The van der Waals surface area contributed by atoms with E-state index in [-0.39, 0.29) is 12.3 Å². The second-order valence-electron chi connectivity index (χ2n) is 5.96. The highest BCUT2D eigenvalue weighted by molar-refractivity contribution is 7.14. The smallest absolute Gasteiger partial charge is 0.306 e. The zero-order valence-corrected chi connectivity index (χ0v) is 13.4. The maximum atomic E-state index is 12.7. The van der Waals surface area contributed by atoms with Gasteiger partial charge in [0.15, 0.2) is 0 Å². The molecule has 1 saturated heterocycles. The third-order valence-electron chi connectivity index (χ3n) is 4.29. The van der Waals surface area contributed by atoms with Crippen LogP contribution in [0.5, 0.6) is 0 Å². The van der Waals surface area contributed by atoms with Gasteiger partial charge in [-0.15, -0.1) is 11.3 Å². The van der Waals surface area contributed by atoms with E-state index >= 15 is 0 Å². The number of carboxylic acid groups (broad SMARTS) is 1. The van der Waals surface area contributed by atoms with E-state index in [0.717, 1.165) is 17.7 Å². The van der Waals surface area contributed by atoms with Crippen molar-refractivity contribution in [1.82, 2.24) is 4.90 Å². The molecule has 0 radical (unpaired) electrons. The fraction of sp³-hybridized carbons (Fsp3) is 0.625. The first-order valence-electron chi connectivity index (χ1n) is 7.88. The molecule has 1 N–H and O–H groups in total. The Morgan fingerprint density at radius 1 is 1.32 bits per heavy atom. The molecule has 0 unspecified atom stereocenters. The molecule has 22 heavy (non-hydrogen) atoms. The van der Waals surface area contributed by atoms with Crippen molar-refractivity contribution in [2.75, 3.05) is 19.7 Å². The lowest BCUT2D eigenvalue weighted by atomic mass is 10.1. The number of hydrogen-bond donors (Lipinski definition) is 1. The van der Waals surface area contributed by atoms with Crippen molar-refractivity contribution in [3.8, 4) is 0 Å². The summed E-state index contributed by atoms with van der Waals surface area (Å²) in [6.45, 7) is 1.32. The van der Waals surface area contributed by atoms with Crippen molar-refractivity contribution in [2.24, 2.45) is 0 Å². The first-order valence-corrected chi connectivity index (χ1v) is 8.69. The van der Waals surface area contributed by atoms with Crippen molar-refractivity contribution in [1.29, 1.82) is 0 Å². The SMILES string of the molecule is O=C(O)C[C@H]1CN(C(=O)c2cc3c(s2)CCCCC3)CCO1. The minimum absolute atomic E-state index is 0.0248. The molecule has 0 bridgehead atoms. The van der Waals surface area contributed by atoms with Crippen LogP contribution in [-0.4, -0.2) is 47.7 Å². The molecule has 1 aromatic rings. The summed E-state index contributed by atoms with van der Waals surface area (Å²) in [6, 6.07) is 2.05. The molecule has 1 fully saturated rings. The third kappa shape index (κ3) is 3.50. The van der Waals surface area contributed by atoms with Crippen LogP contribution in [0.1, 0.15) is 45.8 Å². The van der Waals surface area contributed by atoms with Gasteiger partial charge in [-0.2, -0.15) is 0 Å². The van der Waals surface area contributed by atoms with E-state index in [1.807, 2.05) is 0 Å². The van der Waals surface area contributed by atoms with Crippen LogP contribution in [0.4, 0.5) is 0 Å². The molecule has 3 rings (SSSR count). The number of thiophene rings is 1. The molecule has 6 heteroatoms. The van der Waals surface area contributed by atoms with E-state index < -0.39 is 12.1 Å². The van der Waals surface area contributed by atoms with Gasteiger partial charge in [0.05, 0.1) is 24.0 Å². The summed E-state index contributed by atoms with van der Waals surface area (Å²) >= 11 is 1.62. The highest BCUT2D eigenvalue weighted by Gasteiger charge is 2.28. The van der Waals surface area contributed by atoms with Crippen LogP contribution < -0.4 is 0 Å². The molecular weight excluding hydrogens is 302 g/mol. The van der Waals surface area contributed by atoms with Gasteiger partial charge in [0.25, 0.3) is 5.91 Å². The highest BCUT2D eigenvalue weighted by atomic mass is 32.1. The number of carbonyl (C=O) groups is 2. The number of carbonyl (C=O) groups excluding carboxylic acids is 1. The second kappa shape index (κ2) is 6.79. The predicted octanol–water partition coefficient (Wildman–Crippen LogP) is 2.33. The summed E-state index contributed by atoms with van der Waals surface area (Å²) in [5.74, 6) is -0.862. The topological polar surface area (TPSA) is 66.8 Å². The molecule has 120 valence electrons. The fourth-order valence-corrected chi connectivity index (χ4v) is 4.37. The van der Waals surface area contributed by atoms with Crippen molar-refractivity contribution in [3.63, 3.8) is 0 Å². The van der Waals surface area contributed by atoms with E-state index in [2.05, 4.69) is 6.07 Å². The number of rotatable bonds is 3. The van der Waals surface area contributed by atoms with E-state index in [1.54, 1.807) is 16.2 Å². The van der Waals surface area contributed by atoms with E-state index in [9.17, 15) is 9.59 Å². The average molecular weight is 323 g/mol. The van der Waals surface area contributed by atoms with Crippen LogP contribution in [0.2, 0.25) is 0 Å². The minimum Gasteiger partial charge on any atom is -0.481 e. The van der Waals surface area contributed by atoms with Gasteiger partial charge in [-0.1, -0.05) is 6.42 Å². The number of nitrogens with zero attached hydrogens (tertiary/aromatic N) is 1. The van der Waals surface area contributed by atoms with Crippen LogP contribution in [0.25, 0.3) is 0 Å². The van der Waals surface area contributed by atoms with Gasteiger partial charge >= 0.3 is 5.97 Å². The number of hydrogen-bond acceptors (Lipinski definition) is 4. The Bertz CT molecular complexity index is 545. The minimum atomic E-state index is -0.887. The van der Waals surface area contributed by atoms with E-state index in [1.165, 1.54) is 29.7 Å². The number of ether oxygens (including phenoxy) is 1. The lowest BCUT2D eigenvalue weighted by Crippen LogP contribution is -2.46. The summed E-state index contributed by atoms with van der Waals surface area (Å²) in [5.41, 5.74) is 1.33. The molecule has 1 aliphatic heterocycles. The van der Waals surface area contributed by atoms with Crippen molar-refractivity contribution < 1.29 is 19.4 Å². The summed E-state index contributed by atoms with van der Waals surface area (Å²) in [6.07, 6.45) is 5.39. The highest BCUT2D eigenvalue weighted by Crippen LogP contribution is 2.30. The Kier molecular flexibility index (Phi) is 4.78. The van der Waals surface area contributed by atoms with Gasteiger partial charge in [-0.3, -0.25) is 9.59 Å². The molecule has 1 atom stereocenters. The van der Waals surface area contributed by atoms with Crippen molar-refractivity contribution in [3.05, 3.63) is 21.4 Å². The van der Waals surface area contributed by atoms with Crippen LogP contribution in [0.3, 0.4) is 0 Å². The number of carboxylic acids is 1. The average Bonchev–Trinajstić information content (AvgIpc) is 2.77. The second-order valence-corrected chi connectivity index (χ2v) is 7.10. The first kappa shape index (κ1) is 15.5. The van der Waals surface area contributed by atoms with Gasteiger partial charge in [0.2, 0.25) is 0 Å². The maximum absolute atomic E-state index is 12.7. The summed E-state index contributed by atoms with van der Waals surface area (Å²) in [7, 11) is 0. The standard InChI is InChI=1S/C16H21NO4S/c18-15(19)9-12-10-17(6-7-21-12)16(20)14-8-11-4-2-1-3-5-13(11)22-14/h8,12H,1-7,9-10H2,(H,18,19)/t12-/m0/s1. The predicted molar refractivity (Wildman–Crippen MR) is 83.5 cm³/mol. The number of fused-ring (bicyclic) bond motifs is 1. The lowest BCUT2D eigenvalue weighted by Gasteiger charge is -2.32. The molecule has 2 heterocycles. The van der Waals surface area contributed by atoms with Crippen LogP contribution in [-0.2, 0) is 22.4 Å². The van der Waals surface area contributed by atoms with Gasteiger partial charge in [0.1, 0.15) is 0 Å². The van der Waals surface area contributed by atoms with Gasteiger partial charge in [0, 0.05) is 18.0 Å². The van der Waals surface area contributed by atoms with Gasteiger partial charge in [-0.25, -0.2) is 0 Å². The largest absolute Gasteiger partial charge is 0.481 e. The Hall–Kier alpha value is -1.40. The van der Waals surface area contributed by atoms with Crippen molar-refractivity contribution in [2.45, 2.75) is 44.6 Å². The fourth-order valence-electron chi connectivity index (χ4n) is 3.15. The molecule has 5 nitrogen and oxygen atoms in total. The van der Waals surface area contributed by atoms with E-state index in [4.69, 9.17) is 9.84 Å². The molecule has 1 aromatic heterocycles. The van der Waals surface area contributed by atoms with Gasteiger partial charge < -0.3 is 14.7 Å². The quantitative estimate of drug-likeness (QED) is 0.867. The molecule has 2 aliphatic rings. The number of aryl methyl sites for hydroxylation is 2. The van der Waals surface area contributed by atoms with E-state index in [0.29, 0.717) is 19.7 Å². The Labute approximate surface area is 133 Å².